The van der Waals surface area contributed by atoms with Gasteiger partial charge in [0.05, 0.1) is 7.11 Å². The number of hydrogen-bond donors (Lipinski definition) is 1. The fourth-order valence-electron chi connectivity index (χ4n) is 2.35. The van der Waals surface area contributed by atoms with Crippen LogP contribution in [0.25, 0.3) is 0 Å². The van der Waals surface area contributed by atoms with E-state index in [1.165, 1.54) is 7.11 Å². The van der Waals surface area contributed by atoms with Gasteiger partial charge in [-0.1, -0.05) is 0 Å². The molecule has 5 nitrogen and oxygen atoms in total. The number of halogens is 3. The van der Waals surface area contributed by atoms with Crippen molar-refractivity contribution in [2.45, 2.75) is 25.1 Å². The molecule has 1 aromatic carbocycles. The van der Waals surface area contributed by atoms with E-state index in [2.05, 4.69) is 5.32 Å². The van der Waals surface area contributed by atoms with Gasteiger partial charge in [-0.25, -0.2) is 0 Å². The summed E-state index contributed by atoms with van der Waals surface area (Å²) in [6.45, 7) is -0.0704. The van der Waals surface area contributed by atoms with Gasteiger partial charge in [-0.3, -0.25) is 9.59 Å². The van der Waals surface area contributed by atoms with Gasteiger partial charge in [0, 0.05) is 12.2 Å². The van der Waals surface area contributed by atoms with Gasteiger partial charge in [-0.05, 0) is 37.1 Å². The van der Waals surface area contributed by atoms with Crippen molar-refractivity contribution in [2.24, 2.45) is 0 Å². The first kappa shape index (κ1) is 16.1. The Bertz CT molecular complexity index is 557. The first-order valence-electron chi connectivity index (χ1n) is 6.65. The van der Waals surface area contributed by atoms with E-state index in [0.29, 0.717) is 22.8 Å². The van der Waals surface area contributed by atoms with Crippen LogP contribution in [0.1, 0.15) is 12.8 Å². The predicted octanol–water partition coefficient (Wildman–Crippen LogP) is 2.19. The average molecular weight is 316 g/mol. The monoisotopic (exact) mass is 316 g/mol. The van der Waals surface area contributed by atoms with E-state index in [-0.39, 0.29) is 13.0 Å². The largest absolute Gasteiger partial charge is 0.497 e. The molecule has 0 spiro atoms. The van der Waals surface area contributed by atoms with Crippen LogP contribution in [0, 0.1) is 0 Å². The Hall–Kier alpha value is -2.25. The minimum atomic E-state index is -4.97. The number of benzene rings is 1. The summed E-state index contributed by atoms with van der Waals surface area (Å²) in [4.78, 5) is 24.0. The molecule has 1 unspecified atom stereocenters. The van der Waals surface area contributed by atoms with Crippen molar-refractivity contribution < 1.29 is 27.5 Å². The molecule has 22 heavy (non-hydrogen) atoms. The molecule has 0 aromatic heterocycles. The van der Waals surface area contributed by atoms with Crippen LogP contribution in [0.5, 0.6) is 5.75 Å². The third-order valence-electron chi connectivity index (χ3n) is 3.42. The molecule has 0 radical (unpaired) electrons. The highest BCUT2D eigenvalue weighted by Gasteiger charge is 2.47. The van der Waals surface area contributed by atoms with E-state index in [1.807, 2.05) is 0 Å². The summed E-state index contributed by atoms with van der Waals surface area (Å²) < 4.78 is 42.5. The van der Waals surface area contributed by atoms with Crippen LogP contribution in [0.3, 0.4) is 0 Å². The zero-order valence-electron chi connectivity index (χ0n) is 11.8. The van der Waals surface area contributed by atoms with Crippen LogP contribution in [0.2, 0.25) is 0 Å². The van der Waals surface area contributed by atoms with E-state index < -0.39 is 24.0 Å². The maximum absolute atomic E-state index is 12.5. The highest BCUT2D eigenvalue weighted by Crippen LogP contribution is 2.26. The molecule has 0 aliphatic carbocycles. The maximum atomic E-state index is 12.5. The van der Waals surface area contributed by atoms with Crippen LogP contribution in [0.15, 0.2) is 24.3 Å². The Morgan fingerprint density at radius 1 is 1.27 bits per heavy atom. The maximum Gasteiger partial charge on any atom is 0.471 e. The summed E-state index contributed by atoms with van der Waals surface area (Å²) in [6.07, 6.45) is -4.39. The van der Waals surface area contributed by atoms with E-state index in [9.17, 15) is 22.8 Å². The molecular weight excluding hydrogens is 301 g/mol. The van der Waals surface area contributed by atoms with E-state index >= 15 is 0 Å². The molecule has 2 amide bonds. The van der Waals surface area contributed by atoms with Crippen molar-refractivity contribution in [3.8, 4) is 5.75 Å². The lowest BCUT2D eigenvalue weighted by molar-refractivity contribution is -0.186. The molecule has 1 aliphatic heterocycles. The summed E-state index contributed by atoms with van der Waals surface area (Å²) in [5.41, 5.74) is 0.428. The number of amides is 2. The summed E-state index contributed by atoms with van der Waals surface area (Å²) in [6, 6.07) is 5.27. The SMILES string of the molecule is COc1ccc(NC(=O)C2CCCN2C(=O)C(F)(F)F)cc1. The zero-order valence-corrected chi connectivity index (χ0v) is 11.8. The van der Waals surface area contributed by atoms with Crippen molar-refractivity contribution in [3.63, 3.8) is 0 Å². The number of rotatable bonds is 3. The highest BCUT2D eigenvalue weighted by atomic mass is 19.4. The first-order valence-corrected chi connectivity index (χ1v) is 6.65. The van der Waals surface area contributed by atoms with Gasteiger partial charge in [0.15, 0.2) is 0 Å². The van der Waals surface area contributed by atoms with Crippen molar-refractivity contribution >= 4 is 17.5 Å². The number of anilines is 1. The van der Waals surface area contributed by atoms with Crippen molar-refractivity contribution in [1.29, 1.82) is 0 Å². The Morgan fingerprint density at radius 2 is 1.91 bits per heavy atom. The molecule has 1 N–H and O–H groups in total. The number of methoxy groups -OCH3 is 1. The predicted molar refractivity (Wildman–Crippen MR) is 72.4 cm³/mol. The lowest BCUT2D eigenvalue weighted by Crippen LogP contribution is -2.48. The second-order valence-corrected chi connectivity index (χ2v) is 4.87. The number of nitrogens with one attached hydrogen (secondary N) is 1. The molecular formula is C14H15F3N2O3. The zero-order chi connectivity index (χ0) is 16.3. The average Bonchev–Trinajstić information content (AvgIpc) is 2.95. The molecule has 1 saturated heterocycles. The lowest BCUT2D eigenvalue weighted by Gasteiger charge is -2.24. The van der Waals surface area contributed by atoms with E-state index in [1.54, 1.807) is 24.3 Å². The molecule has 1 fully saturated rings. The van der Waals surface area contributed by atoms with Gasteiger partial charge in [0.1, 0.15) is 11.8 Å². The molecule has 1 atom stereocenters. The Balaban J connectivity index is 2.06. The van der Waals surface area contributed by atoms with Crippen LogP contribution < -0.4 is 10.1 Å². The standard InChI is InChI=1S/C14H15F3N2O3/c1-22-10-6-4-9(5-7-10)18-12(20)11-3-2-8-19(11)13(21)14(15,16)17/h4-7,11H,2-3,8H2,1H3,(H,18,20). The topological polar surface area (TPSA) is 58.6 Å². The summed E-state index contributed by atoms with van der Waals surface area (Å²) in [5, 5.41) is 2.52. The minimum absolute atomic E-state index is 0.0704. The molecule has 0 saturated carbocycles. The Labute approximate surface area is 125 Å². The fraction of sp³-hybridized carbons (Fsp3) is 0.429. The molecule has 1 aromatic rings. The number of nitrogens with zero attached hydrogens (tertiary/aromatic N) is 1. The number of likely N-dealkylation sites (tertiary alicyclic amines) is 1. The number of carbonyl (C=O) groups excluding carboxylic acids is 2. The van der Waals surface area contributed by atoms with Crippen LogP contribution in [-0.2, 0) is 9.59 Å². The number of ether oxygens (including phenoxy) is 1. The van der Waals surface area contributed by atoms with Crippen LogP contribution in [0.4, 0.5) is 18.9 Å². The summed E-state index contributed by atoms with van der Waals surface area (Å²) in [7, 11) is 1.49. The van der Waals surface area contributed by atoms with Gasteiger partial charge >= 0.3 is 12.1 Å². The molecule has 120 valence electrons. The van der Waals surface area contributed by atoms with Crippen molar-refractivity contribution in [1.82, 2.24) is 4.90 Å². The molecule has 1 heterocycles. The Morgan fingerprint density at radius 3 is 2.45 bits per heavy atom. The summed E-state index contributed by atoms with van der Waals surface area (Å²) >= 11 is 0. The third-order valence-corrected chi connectivity index (χ3v) is 3.42. The second kappa shape index (κ2) is 6.25. The fourth-order valence-corrected chi connectivity index (χ4v) is 2.35. The first-order chi connectivity index (χ1) is 10.3. The Kier molecular flexibility index (Phi) is 4.58. The smallest absolute Gasteiger partial charge is 0.471 e. The number of alkyl halides is 3. The normalized spacial score (nSPS) is 18.2. The van der Waals surface area contributed by atoms with Crippen LogP contribution in [-0.4, -0.2) is 42.6 Å². The van der Waals surface area contributed by atoms with Gasteiger partial charge < -0.3 is 15.0 Å². The quantitative estimate of drug-likeness (QED) is 0.930. The number of carbonyl (C=O) groups is 2. The second-order valence-electron chi connectivity index (χ2n) is 4.87. The van der Waals surface area contributed by atoms with Gasteiger partial charge in [0.2, 0.25) is 5.91 Å². The third kappa shape index (κ3) is 3.49. The molecule has 2 rings (SSSR count). The van der Waals surface area contributed by atoms with Crippen LogP contribution >= 0.6 is 0 Å². The van der Waals surface area contributed by atoms with E-state index in [0.717, 1.165) is 0 Å². The lowest BCUT2D eigenvalue weighted by atomic mass is 10.2. The van der Waals surface area contributed by atoms with Crippen molar-refractivity contribution in [2.75, 3.05) is 19.0 Å². The molecule has 8 heteroatoms. The van der Waals surface area contributed by atoms with E-state index in [4.69, 9.17) is 4.74 Å². The number of hydrogen-bond acceptors (Lipinski definition) is 3. The van der Waals surface area contributed by atoms with Gasteiger partial charge in [0.25, 0.3) is 0 Å². The van der Waals surface area contributed by atoms with Crippen molar-refractivity contribution in [3.05, 3.63) is 24.3 Å². The van der Waals surface area contributed by atoms with Gasteiger partial charge in [-0.2, -0.15) is 13.2 Å². The highest BCUT2D eigenvalue weighted by molar-refractivity contribution is 5.98. The minimum Gasteiger partial charge on any atom is -0.497 e. The molecule has 0 bridgehead atoms. The summed E-state index contributed by atoms with van der Waals surface area (Å²) in [5.74, 6) is -2.01. The molecule has 1 aliphatic rings. The van der Waals surface area contributed by atoms with Gasteiger partial charge in [-0.15, -0.1) is 0 Å².